The summed E-state index contributed by atoms with van der Waals surface area (Å²) >= 11 is 10.8. The number of hydrogen-bond donors (Lipinski definition) is 0. The van der Waals surface area contributed by atoms with Crippen LogP contribution >= 0.6 is 47.8 Å². The number of fused-ring (bicyclic) bond motifs is 1. The molecule has 2 aromatic heterocycles. The van der Waals surface area contributed by atoms with Crippen molar-refractivity contribution in [3.63, 3.8) is 0 Å². The summed E-state index contributed by atoms with van der Waals surface area (Å²) in [6.45, 7) is 4.12. The average molecular weight is 459 g/mol. The van der Waals surface area contributed by atoms with Crippen LogP contribution in [0.2, 0.25) is 0 Å². The Morgan fingerprint density at radius 2 is 1.65 bits per heavy atom. The minimum absolute atomic E-state index is 0.978. The van der Waals surface area contributed by atoms with Gasteiger partial charge in [0.25, 0.3) is 0 Å². The Balaban J connectivity index is 2.38. The highest BCUT2D eigenvalue weighted by Gasteiger charge is 2.14. The summed E-state index contributed by atoms with van der Waals surface area (Å²) in [6, 6.07) is 8.25. The number of aromatic nitrogens is 2. The van der Waals surface area contributed by atoms with E-state index in [1.54, 1.807) is 0 Å². The predicted molar refractivity (Wildman–Crippen MR) is 93.6 cm³/mol. The summed E-state index contributed by atoms with van der Waals surface area (Å²) in [6.07, 6.45) is 2.12. The largest absolute Gasteiger partial charge is 0.299 e. The number of rotatable bonds is 1. The van der Waals surface area contributed by atoms with Gasteiger partial charge in [-0.1, -0.05) is 15.9 Å². The van der Waals surface area contributed by atoms with Crippen LogP contribution in [-0.4, -0.2) is 9.55 Å². The lowest BCUT2D eigenvalue weighted by molar-refractivity contribution is 1.06. The van der Waals surface area contributed by atoms with Crippen molar-refractivity contribution in [2.24, 2.45) is 0 Å². The van der Waals surface area contributed by atoms with Gasteiger partial charge in [0.1, 0.15) is 5.65 Å². The quantitative estimate of drug-likeness (QED) is 0.442. The van der Waals surface area contributed by atoms with Crippen molar-refractivity contribution in [2.75, 3.05) is 0 Å². The molecule has 0 N–H and O–H groups in total. The summed E-state index contributed by atoms with van der Waals surface area (Å²) in [5.41, 5.74) is 4.27. The van der Waals surface area contributed by atoms with Crippen molar-refractivity contribution >= 4 is 58.8 Å². The predicted octanol–water partition coefficient (Wildman–Crippen LogP) is 5.93. The minimum Gasteiger partial charge on any atom is -0.299 e. The molecule has 0 amide bonds. The van der Waals surface area contributed by atoms with E-state index in [4.69, 9.17) is 0 Å². The molecule has 2 heterocycles. The molecule has 0 aliphatic heterocycles. The van der Waals surface area contributed by atoms with Crippen LogP contribution in [0.1, 0.15) is 11.3 Å². The smallest absolute Gasteiger partial charge is 0.145 e. The Morgan fingerprint density at radius 1 is 1.00 bits per heavy atom. The Morgan fingerprint density at radius 3 is 2.30 bits per heavy atom. The number of halogens is 3. The van der Waals surface area contributed by atoms with Gasteiger partial charge in [-0.2, -0.15) is 0 Å². The monoisotopic (exact) mass is 456 g/mol. The first-order chi connectivity index (χ1) is 9.47. The van der Waals surface area contributed by atoms with E-state index >= 15 is 0 Å². The third-order valence-electron chi connectivity index (χ3n) is 3.21. The van der Waals surface area contributed by atoms with Gasteiger partial charge in [0.15, 0.2) is 0 Å². The Labute approximate surface area is 142 Å². The van der Waals surface area contributed by atoms with Crippen molar-refractivity contribution in [2.45, 2.75) is 13.8 Å². The molecule has 0 aliphatic carbocycles. The number of nitrogens with zero attached hydrogens (tertiary/aromatic N) is 2. The van der Waals surface area contributed by atoms with E-state index in [1.807, 2.05) is 25.1 Å². The zero-order valence-corrected chi connectivity index (χ0v) is 15.7. The van der Waals surface area contributed by atoms with Crippen LogP contribution in [0.25, 0.3) is 16.7 Å². The van der Waals surface area contributed by atoms with E-state index < -0.39 is 0 Å². The van der Waals surface area contributed by atoms with Gasteiger partial charge in [0.05, 0.1) is 5.69 Å². The molecule has 0 aliphatic rings. The van der Waals surface area contributed by atoms with E-state index in [0.717, 1.165) is 30.4 Å². The molecule has 0 unspecified atom stereocenters. The molecule has 0 saturated heterocycles. The van der Waals surface area contributed by atoms with Crippen LogP contribution in [0.15, 0.2) is 43.9 Å². The topological polar surface area (TPSA) is 17.8 Å². The van der Waals surface area contributed by atoms with Gasteiger partial charge in [-0.3, -0.25) is 4.57 Å². The van der Waals surface area contributed by atoms with E-state index in [1.165, 1.54) is 10.9 Å². The van der Waals surface area contributed by atoms with Crippen molar-refractivity contribution in [1.29, 1.82) is 0 Å². The Kier molecular flexibility index (Phi) is 3.77. The van der Waals surface area contributed by atoms with Gasteiger partial charge in [0.2, 0.25) is 0 Å². The van der Waals surface area contributed by atoms with Gasteiger partial charge in [0, 0.05) is 30.7 Å². The molecule has 5 heteroatoms. The van der Waals surface area contributed by atoms with Gasteiger partial charge >= 0.3 is 0 Å². The highest BCUT2D eigenvalue weighted by Crippen LogP contribution is 2.35. The molecule has 0 bridgehead atoms. The zero-order chi connectivity index (χ0) is 14.4. The lowest BCUT2D eigenvalue weighted by Crippen LogP contribution is -1.97. The molecule has 0 atom stereocenters. The fourth-order valence-corrected chi connectivity index (χ4v) is 4.93. The van der Waals surface area contributed by atoms with Crippen LogP contribution < -0.4 is 0 Å². The third-order valence-corrected chi connectivity index (χ3v) is 4.88. The zero-order valence-electron chi connectivity index (χ0n) is 10.9. The van der Waals surface area contributed by atoms with E-state index in [-0.39, 0.29) is 0 Å². The Hall–Kier alpha value is -0.650. The first kappa shape index (κ1) is 14.3. The number of hydrogen-bond acceptors (Lipinski definition) is 1. The first-order valence-electron chi connectivity index (χ1n) is 6.07. The highest BCUT2D eigenvalue weighted by atomic mass is 79.9. The molecule has 0 fully saturated rings. The molecule has 3 aromatic rings. The van der Waals surface area contributed by atoms with Crippen LogP contribution in [-0.2, 0) is 0 Å². The molecule has 3 rings (SSSR count). The third kappa shape index (κ3) is 2.36. The first-order valence-corrected chi connectivity index (χ1v) is 8.45. The number of pyridine rings is 1. The van der Waals surface area contributed by atoms with Gasteiger partial charge in [-0.15, -0.1) is 0 Å². The maximum Gasteiger partial charge on any atom is 0.145 e. The average Bonchev–Trinajstić information content (AvgIpc) is 2.65. The van der Waals surface area contributed by atoms with Crippen molar-refractivity contribution < 1.29 is 0 Å². The fraction of sp³-hybridized carbons (Fsp3) is 0.133. The van der Waals surface area contributed by atoms with E-state index in [9.17, 15) is 0 Å². The van der Waals surface area contributed by atoms with E-state index in [2.05, 4.69) is 76.5 Å². The number of aryl methyl sites for hydroxylation is 2. The molecule has 0 saturated carbocycles. The second-order valence-corrected chi connectivity index (χ2v) is 7.35. The molecule has 0 radical (unpaired) electrons. The van der Waals surface area contributed by atoms with Crippen molar-refractivity contribution in [1.82, 2.24) is 9.55 Å². The molecule has 2 nitrogen and oxygen atoms in total. The highest BCUT2D eigenvalue weighted by molar-refractivity contribution is 9.11. The summed E-state index contributed by atoms with van der Waals surface area (Å²) in [5.74, 6) is 0. The maximum absolute atomic E-state index is 4.69. The van der Waals surface area contributed by atoms with E-state index in [0.29, 0.717) is 0 Å². The molecule has 0 spiro atoms. The van der Waals surface area contributed by atoms with Crippen LogP contribution in [0.5, 0.6) is 0 Å². The summed E-state index contributed by atoms with van der Waals surface area (Å²) in [5, 5.41) is 1.18. The van der Waals surface area contributed by atoms with Crippen LogP contribution in [0.4, 0.5) is 0 Å². The SMILES string of the molecule is Cc1ccc2c(C)cn(-c3c(Br)cc(Br)cc3Br)c2n1. The normalized spacial score (nSPS) is 11.2. The standard InChI is InChI=1S/C15H11Br3N2/c1-8-7-20(15-11(8)4-3-9(2)19-15)14-12(17)5-10(16)6-13(14)18/h3-7H,1-2H3. The maximum atomic E-state index is 4.69. The minimum atomic E-state index is 0.978. The fourth-order valence-electron chi connectivity index (χ4n) is 2.29. The van der Waals surface area contributed by atoms with Gasteiger partial charge < -0.3 is 0 Å². The summed E-state index contributed by atoms with van der Waals surface area (Å²) in [4.78, 5) is 4.69. The van der Waals surface area contributed by atoms with Crippen molar-refractivity contribution in [3.8, 4) is 5.69 Å². The Bertz CT molecular complexity index is 798. The summed E-state index contributed by atoms with van der Waals surface area (Å²) < 4.78 is 5.17. The second-order valence-electron chi connectivity index (χ2n) is 4.72. The summed E-state index contributed by atoms with van der Waals surface area (Å²) in [7, 11) is 0. The van der Waals surface area contributed by atoms with Gasteiger partial charge in [-0.05, 0) is 75.5 Å². The lowest BCUT2D eigenvalue weighted by Gasteiger charge is -2.11. The second kappa shape index (κ2) is 5.28. The van der Waals surface area contributed by atoms with Gasteiger partial charge in [-0.25, -0.2) is 4.98 Å². The molecule has 20 heavy (non-hydrogen) atoms. The van der Waals surface area contributed by atoms with Crippen LogP contribution in [0.3, 0.4) is 0 Å². The molecule has 1 aromatic carbocycles. The lowest BCUT2D eigenvalue weighted by atomic mass is 10.2. The molecule has 102 valence electrons. The van der Waals surface area contributed by atoms with Crippen LogP contribution in [0, 0.1) is 13.8 Å². The number of benzene rings is 1. The van der Waals surface area contributed by atoms with Crippen molar-refractivity contribution in [3.05, 3.63) is 55.1 Å². The molecular formula is C15H11Br3N2. The molecular weight excluding hydrogens is 448 g/mol.